The van der Waals surface area contributed by atoms with E-state index in [4.69, 9.17) is 0 Å². The first-order valence-corrected chi connectivity index (χ1v) is 7.92. The Labute approximate surface area is 135 Å². The van der Waals surface area contributed by atoms with Gasteiger partial charge in [-0.1, -0.05) is 19.1 Å². The third-order valence-electron chi connectivity index (χ3n) is 4.76. The summed E-state index contributed by atoms with van der Waals surface area (Å²) in [7, 11) is 0. The Morgan fingerprint density at radius 2 is 1.87 bits per heavy atom. The van der Waals surface area contributed by atoms with Crippen molar-refractivity contribution in [3.63, 3.8) is 0 Å². The van der Waals surface area contributed by atoms with E-state index < -0.39 is 11.8 Å². The van der Waals surface area contributed by atoms with E-state index in [1.54, 1.807) is 12.1 Å². The summed E-state index contributed by atoms with van der Waals surface area (Å²) in [5.41, 5.74) is 0.609. The summed E-state index contributed by atoms with van der Waals surface area (Å²) in [5, 5.41) is 12.1. The summed E-state index contributed by atoms with van der Waals surface area (Å²) in [6.45, 7) is 3.30. The fraction of sp³-hybridized carbons (Fsp3) is 0.529. The number of likely N-dealkylation sites (tertiary alicyclic amines) is 1. The number of nitrogens with zero attached hydrogens (tertiary/aromatic N) is 1. The number of carbonyl (C=O) groups is 2. The van der Waals surface area contributed by atoms with Crippen molar-refractivity contribution in [3.05, 3.63) is 35.6 Å². The Bertz CT molecular complexity index is 545. The summed E-state index contributed by atoms with van der Waals surface area (Å²) >= 11 is 0. The zero-order chi connectivity index (χ0) is 16.9. The molecule has 1 aromatic rings. The standard InChI is InChI=1S/C17H23FN2O3/c1-2-17(12-21)7-9-20(10-8-17)16(23)15(22)19-11-13-3-5-14(18)6-4-13/h3-6,21H,2,7-12H2,1H3,(H,19,22). The summed E-state index contributed by atoms with van der Waals surface area (Å²) in [5.74, 6) is -1.54. The van der Waals surface area contributed by atoms with E-state index in [9.17, 15) is 19.1 Å². The molecule has 2 amide bonds. The molecule has 1 heterocycles. The topological polar surface area (TPSA) is 69.6 Å². The fourth-order valence-corrected chi connectivity index (χ4v) is 2.81. The molecule has 1 aromatic carbocycles. The lowest BCUT2D eigenvalue weighted by molar-refractivity contribution is -0.147. The molecule has 2 rings (SSSR count). The molecule has 23 heavy (non-hydrogen) atoms. The highest BCUT2D eigenvalue weighted by molar-refractivity contribution is 6.34. The van der Waals surface area contributed by atoms with Crippen LogP contribution in [0.15, 0.2) is 24.3 Å². The van der Waals surface area contributed by atoms with Crippen LogP contribution in [0.2, 0.25) is 0 Å². The van der Waals surface area contributed by atoms with Crippen molar-refractivity contribution in [3.8, 4) is 0 Å². The highest BCUT2D eigenvalue weighted by atomic mass is 19.1. The molecular weight excluding hydrogens is 299 g/mol. The number of rotatable bonds is 4. The predicted molar refractivity (Wildman–Crippen MR) is 83.9 cm³/mol. The molecule has 2 N–H and O–H groups in total. The lowest BCUT2D eigenvalue weighted by Crippen LogP contribution is -2.49. The SMILES string of the molecule is CCC1(CO)CCN(C(=O)C(=O)NCc2ccc(F)cc2)CC1. The molecule has 1 saturated heterocycles. The molecule has 0 saturated carbocycles. The lowest BCUT2D eigenvalue weighted by Gasteiger charge is -2.39. The van der Waals surface area contributed by atoms with E-state index in [0.717, 1.165) is 12.0 Å². The van der Waals surface area contributed by atoms with Crippen LogP contribution in [0.1, 0.15) is 31.7 Å². The van der Waals surface area contributed by atoms with Gasteiger partial charge in [0.05, 0.1) is 0 Å². The van der Waals surface area contributed by atoms with Crippen LogP contribution >= 0.6 is 0 Å². The van der Waals surface area contributed by atoms with Gasteiger partial charge in [-0.3, -0.25) is 9.59 Å². The maximum absolute atomic E-state index is 12.8. The second-order valence-corrected chi connectivity index (χ2v) is 6.11. The van der Waals surface area contributed by atoms with E-state index in [-0.39, 0.29) is 24.4 Å². The van der Waals surface area contributed by atoms with E-state index >= 15 is 0 Å². The van der Waals surface area contributed by atoms with Gasteiger partial charge in [0.1, 0.15) is 5.82 Å². The third-order valence-corrected chi connectivity index (χ3v) is 4.76. The minimum absolute atomic E-state index is 0.113. The van der Waals surface area contributed by atoms with Crippen molar-refractivity contribution in [2.24, 2.45) is 5.41 Å². The van der Waals surface area contributed by atoms with Crippen LogP contribution in [0, 0.1) is 11.2 Å². The Kier molecular flexibility index (Phi) is 5.71. The maximum atomic E-state index is 12.8. The van der Waals surface area contributed by atoms with Gasteiger partial charge in [-0.05, 0) is 42.4 Å². The Hall–Kier alpha value is -1.95. The molecule has 0 unspecified atom stereocenters. The number of aliphatic hydroxyl groups excluding tert-OH is 1. The van der Waals surface area contributed by atoms with Crippen molar-refractivity contribution >= 4 is 11.8 Å². The number of benzene rings is 1. The molecule has 6 heteroatoms. The number of amides is 2. The van der Waals surface area contributed by atoms with E-state index in [1.165, 1.54) is 17.0 Å². The van der Waals surface area contributed by atoms with Crippen molar-refractivity contribution < 1.29 is 19.1 Å². The van der Waals surface area contributed by atoms with Crippen molar-refractivity contribution in [2.45, 2.75) is 32.7 Å². The molecule has 0 bridgehead atoms. The fourth-order valence-electron chi connectivity index (χ4n) is 2.81. The predicted octanol–water partition coefficient (Wildman–Crippen LogP) is 1.45. The average Bonchev–Trinajstić information content (AvgIpc) is 2.60. The number of aliphatic hydroxyl groups is 1. The lowest BCUT2D eigenvalue weighted by atomic mass is 9.77. The largest absolute Gasteiger partial charge is 0.396 e. The van der Waals surface area contributed by atoms with Gasteiger partial charge in [0.2, 0.25) is 0 Å². The first-order valence-electron chi connectivity index (χ1n) is 7.92. The van der Waals surface area contributed by atoms with Gasteiger partial charge in [0, 0.05) is 26.2 Å². The highest BCUT2D eigenvalue weighted by Crippen LogP contribution is 2.34. The van der Waals surface area contributed by atoms with E-state index in [1.807, 2.05) is 6.92 Å². The van der Waals surface area contributed by atoms with Gasteiger partial charge in [-0.2, -0.15) is 0 Å². The molecular formula is C17H23FN2O3. The monoisotopic (exact) mass is 322 g/mol. The summed E-state index contributed by atoms with van der Waals surface area (Å²) in [6.07, 6.45) is 2.27. The molecule has 0 atom stereocenters. The second kappa shape index (κ2) is 7.55. The van der Waals surface area contributed by atoms with Gasteiger partial charge in [0.15, 0.2) is 0 Å². The van der Waals surface area contributed by atoms with Crippen molar-refractivity contribution in [1.29, 1.82) is 0 Å². The Balaban J connectivity index is 1.83. The number of nitrogens with one attached hydrogen (secondary N) is 1. The molecule has 5 nitrogen and oxygen atoms in total. The summed E-state index contributed by atoms with van der Waals surface area (Å²) < 4.78 is 12.8. The van der Waals surface area contributed by atoms with Gasteiger partial charge in [-0.15, -0.1) is 0 Å². The first-order chi connectivity index (χ1) is 11.0. The first kappa shape index (κ1) is 17.4. The van der Waals surface area contributed by atoms with E-state index in [2.05, 4.69) is 5.32 Å². The average molecular weight is 322 g/mol. The molecule has 1 aliphatic rings. The third kappa shape index (κ3) is 4.28. The number of hydrogen-bond donors (Lipinski definition) is 2. The molecule has 126 valence electrons. The van der Waals surface area contributed by atoms with Gasteiger partial charge >= 0.3 is 11.8 Å². The number of hydrogen-bond acceptors (Lipinski definition) is 3. The minimum Gasteiger partial charge on any atom is -0.396 e. The van der Waals surface area contributed by atoms with Crippen LogP contribution in [0.25, 0.3) is 0 Å². The van der Waals surface area contributed by atoms with Gasteiger partial charge < -0.3 is 15.3 Å². The molecule has 0 aliphatic carbocycles. The zero-order valence-corrected chi connectivity index (χ0v) is 13.3. The molecule has 1 fully saturated rings. The van der Waals surface area contributed by atoms with Gasteiger partial charge in [-0.25, -0.2) is 4.39 Å². The van der Waals surface area contributed by atoms with Crippen LogP contribution in [0.4, 0.5) is 4.39 Å². The van der Waals surface area contributed by atoms with Crippen LogP contribution in [0.5, 0.6) is 0 Å². The smallest absolute Gasteiger partial charge is 0.311 e. The van der Waals surface area contributed by atoms with E-state index in [0.29, 0.717) is 25.9 Å². The highest BCUT2D eigenvalue weighted by Gasteiger charge is 2.35. The van der Waals surface area contributed by atoms with Crippen LogP contribution < -0.4 is 5.32 Å². The zero-order valence-electron chi connectivity index (χ0n) is 13.3. The van der Waals surface area contributed by atoms with Crippen LogP contribution in [0.3, 0.4) is 0 Å². The van der Waals surface area contributed by atoms with Crippen LogP contribution in [-0.2, 0) is 16.1 Å². The summed E-state index contributed by atoms with van der Waals surface area (Å²) in [6, 6.07) is 5.76. The molecule has 0 spiro atoms. The normalized spacial score (nSPS) is 16.9. The van der Waals surface area contributed by atoms with Crippen molar-refractivity contribution in [2.75, 3.05) is 19.7 Å². The summed E-state index contributed by atoms with van der Waals surface area (Å²) in [4.78, 5) is 25.6. The molecule has 0 radical (unpaired) electrons. The number of carbonyl (C=O) groups excluding carboxylic acids is 2. The quantitative estimate of drug-likeness (QED) is 0.825. The Morgan fingerprint density at radius 3 is 2.39 bits per heavy atom. The minimum atomic E-state index is -0.651. The number of piperidine rings is 1. The van der Waals surface area contributed by atoms with Crippen LogP contribution in [-0.4, -0.2) is 41.5 Å². The molecule has 0 aromatic heterocycles. The Morgan fingerprint density at radius 1 is 1.26 bits per heavy atom. The molecule has 1 aliphatic heterocycles. The maximum Gasteiger partial charge on any atom is 0.311 e. The number of halogens is 1. The second-order valence-electron chi connectivity index (χ2n) is 6.11. The van der Waals surface area contributed by atoms with Crippen molar-refractivity contribution in [1.82, 2.24) is 10.2 Å². The van der Waals surface area contributed by atoms with Gasteiger partial charge in [0.25, 0.3) is 0 Å².